The molecule has 0 unspecified atom stereocenters. The van der Waals surface area contributed by atoms with Gasteiger partial charge < -0.3 is 29.0 Å². The molecule has 1 aliphatic carbocycles. The molecule has 3 aliphatic rings. The molecule has 12 heteroatoms. The van der Waals surface area contributed by atoms with Crippen molar-refractivity contribution in [1.29, 1.82) is 0 Å². The number of nitrogens with one attached hydrogen (secondary N) is 1. The third kappa shape index (κ3) is 7.55. The van der Waals surface area contributed by atoms with Crippen LogP contribution in [-0.2, 0) is 27.5 Å². The van der Waals surface area contributed by atoms with Crippen LogP contribution in [-0.4, -0.2) is 89.2 Å². The van der Waals surface area contributed by atoms with Crippen molar-refractivity contribution in [3.8, 4) is 0 Å². The van der Waals surface area contributed by atoms with E-state index in [0.717, 1.165) is 72.4 Å². The zero-order valence-corrected chi connectivity index (χ0v) is 29.3. The summed E-state index contributed by atoms with van der Waals surface area (Å²) in [5.74, 6) is 1.71. The number of fused-ring (bicyclic) bond motifs is 1. The summed E-state index contributed by atoms with van der Waals surface area (Å²) >= 11 is 0. The molecule has 1 amide bonds. The first kappa shape index (κ1) is 32.5. The minimum absolute atomic E-state index is 0.163. The van der Waals surface area contributed by atoms with Gasteiger partial charge in [0, 0.05) is 46.1 Å². The van der Waals surface area contributed by atoms with Crippen LogP contribution in [0.3, 0.4) is 0 Å². The first-order valence-corrected chi connectivity index (χ1v) is 20.3. The third-order valence-corrected chi connectivity index (χ3v) is 10.5. The van der Waals surface area contributed by atoms with Gasteiger partial charge in [-0.3, -0.25) is 4.90 Å². The predicted molar refractivity (Wildman–Crippen MR) is 184 cm³/mol. The number of amides is 1. The van der Waals surface area contributed by atoms with Crippen LogP contribution >= 0.6 is 0 Å². The van der Waals surface area contributed by atoms with Crippen molar-refractivity contribution >= 4 is 42.4 Å². The monoisotopic (exact) mass is 647 g/mol. The minimum atomic E-state index is -1.18. The number of pyridine rings is 1. The normalized spacial score (nSPS) is 18.2. The molecule has 3 aromatic heterocycles. The molecule has 1 saturated heterocycles. The third-order valence-electron chi connectivity index (χ3n) is 8.83. The molecule has 1 saturated carbocycles. The number of ether oxygens (including phenoxy) is 3. The molecule has 0 bridgehead atoms. The second-order valence-electron chi connectivity index (χ2n) is 15.0. The first-order valence-electron chi connectivity index (χ1n) is 16.5. The van der Waals surface area contributed by atoms with Crippen molar-refractivity contribution in [1.82, 2.24) is 24.4 Å². The summed E-state index contributed by atoms with van der Waals surface area (Å²) < 4.78 is 19.6. The maximum atomic E-state index is 12.9. The molecule has 46 heavy (non-hydrogen) atoms. The fourth-order valence-corrected chi connectivity index (χ4v) is 6.93. The Bertz CT molecular complexity index is 1590. The highest BCUT2D eigenvalue weighted by molar-refractivity contribution is 6.76. The van der Waals surface area contributed by atoms with Crippen LogP contribution in [0.2, 0.25) is 25.7 Å². The van der Waals surface area contributed by atoms with Crippen molar-refractivity contribution in [2.75, 3.05) is 49.7 Å². The average molecular weight is 648 g/mol. The summed E-state index contributed by atoms with van der Waals surface area (Å²) in [6, 6.07) is 7.28. The van der Waals surface area contributed by atoms with E-state index in [9.17, 15) is 4.79 Å². The molecule has 11 nitrogen and oxygen atoms in total. The maximum absolute atomic E-state index is 12.9. The van der Waals surface area contributed by atoms with Gasteiger partial charge in [-0.15, -0.1) is 0 Å². The van der Waals surface area contributed by atoms with E-state index >= 15 is 0 Å². The van der Waals surface area contributed by atoms with E-state index in [1.54, 1.807) is 6.33 Å². The number of anilines is 2. The van der Waals surface area contributed by atoms with E-state index < -0.39 is 13.7 Å². The number of rotatable bonds is 10. The van der Waals surface area contributed by atoms with Gasteiger partial charge >= 0.3 is 6.09 Å². The Morgan fingerprint density at radius 2 is 1.98 bits per heavy atom. The smallest absolute Gasteiger partial charge is 0.410 e. The minimum Gasteiger partial charge on any atom is -0.444 e. The molecule has 0 radical (unpaired) electrons. The van der Waals surface area contributed by atoms with Gasteiger partial charge in [-0.05, 0) is 63.8 Å². The second-order valence-corrected chi connectivity index (χ2v) is 20.6. The highest BCUT2D eigenvalue weighted by Gasteiger charge is 2.54. The van der Waals surface area contributed by atoms with Gasteiger partial charge in [-0.25, -0.2) is 19.7 Å². The molecule has 0 atom stereocenters. The Hall–Kier alpha value is -3.48. The Labute approximate surface area is 273 Å². The molecular weight excluding hydrogens is 599 g/mol. The van der Waals surface area contributed by atoms with Gasteiger partial charge in [-0.1, -0.05) is 31.8 Å². The number of aromatic nitrogens is 4. The van der Waals surface area contributed by atoms with Gasteiger partial charge in [0.2, 0.25) is 0 Å². The summed E-state index contributed by atoms with van der Waals surface area (Å²) in [6.45, 7) is 18.0. The van der Waals surface area contributed by atoms with E-state index in [2.05, 4.69) is 58.8 Å². The summed E-state index contributed by atoms with van der Waals surface area (Å²) in [4.78, 5) is 31.6. The fourth-order valence-electron chi connectivity index (χ4n) is 6.18. The van der Waals surface area contributed by atoms with E-state index in [4.69, 9.17) is 29.2 Å². The number of carbonyl (C=O) groups excluding carboxylic acids is 1. The highest BCUT2D eigenvalue weighted by atomic mass is 28.3. The van der Waals surface area contributed by atoms with Crippen LogP contribution in [0.15, 0.2) is 36.8 Å². The number of carbonyl (C=O) groups is 1. The summed E-state index contributed by atoms with van der Waals surface area (Å²) in [6.07, 6.45) is 8.54. The van der Waals surface area contributed by atoms with E-state index in [1.165, 1.54) is 5.57 Å². The Morgan fingerprint density at radius 1 is 1.15 bits per heavy atom. The zero-order chi connectivity index (χ0) is 32.5. The second kappa shape index (κ2) is 13.0. The molecule has 248 valence electrons. The molecule has 1 N–H and O–H groups in total. The quantitative estimate of drug-likeness (QED) is 0.205. The molecule has 0 aromatic carbocycles. The average Bonchev–Trinajstić information content (AvgIpc) is 3.66. The molecule has 5 heterocycles. The van der Waals surface area contributed by atoms with Crippen LogP contribution in [0.5, 0.6) is 0 Å². The van der Waals surface area contributed by atoms with E-state index in [0.29, 0.717) is 39.6 Å². The molecule has 3 aromatic rings. The van der Waals surface area contributed by atoms with E-state index in [-0.39, 0.29) is 11.6 Å². The summed E-state index contributed by atoms with van der Waals surface area (Å²) in [5.41, 5.74) is 3.47. The van der Waals surface area contributed by atoms with Gasteiger partial charge in [0.1, 0.15) is 35.9 Å². The lowest BCUT2D eigenvalue weighted by Gasteiger charge is -2.42. The van der Waals surface area contributed by atoms with Crippen molar-refractivity contribution in [2.45, 2.75) is 90.1 Å². The Morgan fingerprint density at radius 3 is 2.70 bits per heavy atom. The van der Waals surface area contributed by atoms with Crippen LogP contribution in [0.4, 0.5) is 16.4 Å². The molecule has 6 rings (SSSR count). The number of hydrogen-bond donors (Lipinski definition) is 1. The maximum Gasteiger partial charge on any atom is 0.410 e. The molecule has 2 fully saturated rings. The number of hydrogen-bond acceptors (Lipinski definition) is 9. The van der Waals surface area contributed by atoms with Crippen LogP contribution in [0.25, 0.3) is 16.6 Å². The van der Waals surface area contributed by atoms with Crippen molar-refractivity contribution in [3.05, 3.63) is 48.1 Å². The lowest BCUT2D eigenvalue weighted by Crippen LogP contribution is -2.58. The molecule has 1 spiro atoms. The molecule has 2 aliphatic heterocycles. The largest absolute Gasteiger partial charge is 0.444 e. The van der Waals surface area contributed by atoms with Crippen LogP contribution in [0, 0.1) is 0 Å². The Kier molecular flexibility index (Phi) is 9.14. The van der Waals surface area contributed by atoms with Crippen LogP contribution in [0.1, 0.15) is 51.3 Å². The summed E-state index contributed by atoms with van der Waals surface area (Å²) in [5, 5.41) is 4.57. The summed E-state index contributed by atoms with van der Waals surface area (Å²) in [7, 11) is -1.18. The topological polar surface area (TPSA) is 107 Å². The fraction of sp³-hybridized carbons (Fsp3) is 0.588. The number of nitrogens with zero attached hydrogens (tertiary/aromatic N) is 6. The van der Waals surface area contributed by atoms with Gasteiger partial charge in [0.05, 0.1) is 36.4 Å². The van der Waals surface area contributed by atoms with Crippen molar-refractivity contribution < 1.29 is 19.0 Å². The standard InChI is InChI=1S/C34H49N7O4Si/c1-33(2,3)45-32(42)41-15-14-39(22-34(41)12-13-34)28-9-7-8-26(38-28)20-35-30-29-27(25-10-16-43-17-11-25)21-40(31(29)37-23-36-30)24-44-18-19-46(4,5)6/h7-10,21,23H,11-20,22,24H2,1-6H3,(H,35,36,37). The SMILES string of the molecule is CC(C)(C)OC(=O)N1CCN(c2cccc(CNc3ncnc4c3c(C3=CCOCC3)cn4COCC[Si](C)(C)C)n2)CC12CC2. The predicted octanol–water partition coefficient (Wildman–Crippen LogP) is 6.14. The highest BCUT2D eigenvalue weighted by Crippen LogP contribution is 2.45. The number of piperazine rings is 1. The lowest BCUT2D eigenvalue weighted by molar-refractivity contribution is 0.0106. The molecular formula is C34H49N7O4Si. The Balaban J connectivity index is 1.18. The van der Waals surface area contributed by atoms with Crippen molar-refractivity contribution in [3.63, 3.8) is 0 Å². The first-order chi connectivity index (χ1) is 21.9. The van der Waals surface area contributed by atoms with Gasteiger partial charge in [0.25, 0.3) is 0 Å². The zero-order valence-electron chi connectivity index (χ0n) is 28.3. The van der Waals surface area contributed by atoms with Crippen LogP contribution < -0.4 is 10.2 Å². The van der Waals surface area contributed by atoms with Gasteiger partial charge in [0.15, 0.2) is 0 Å². The lowest BCUT2D eigenvalue weighted by atomic mass is 10.0. The van der Waals surface area contributed by atoms with Gasteiger partial charge in [-0.2, -0.15) is 0 Å². The van der Waals surface area contributed by atoms with E-state index in [1.807, 2.05) is 31.7 Å². The van der Waals surface area contributed by atoms with Crippen molar-refractivity contribution in [2.24, 2.45) is 0 Å².